The Morgan fingerprint density at radius 3 is 2.88 bits per heavy atom. The Balaban J connectivity index is 2.25. The van der Waals surface area contributed by atoms with Crippen molar-refractivity contribution in [3.63, 3.8) is 0 Å². The van der Waals surface area contributed by atoms with Crippen LogP contribution in [0.1, 0.15) is 6.42 Å². The third-order valence-electron chi connectivity index (χ3n) is 2.74. The summed E-state index contributed by atoms with van der Waals surface area (Å²) < 4.78 is 27.1. The summed E-state index contributed by atoms with van der Waals surface area (Å²) in [5.74, 6) is 0.300. The number of nitrogens with zero attached hydrogens (tertiary/aromatic N) is 1. The van der Waals surface area contributed by atoms with Crippen LogP contribution >= 0.6 is 27.3 Å². The van der Waals surface area contributed by atoms with Crippen molar-refractivity contribution in [1.82, 2.24) is 4.31 Å². The molecule has 0 radical (unpaired) electrons. The van der Waals surface area contributed by atoms with Crippen molar-refractivity contribution in [2.24, 2.45) is 11.7 Å². The topological polar surface area (TPSA) is 63.4 Å². The zero-order chi connectivity index (χ0) is 11.8. The van der Waals surface area contributed by atoms with Crippen molar-refractivity contribution in [3.8, 4) is 0 Å². The van der Waals surface area contributed by atoms with E-state index < -0.39 is 10.0 Å². The number of halogens is 1. The van der Waals surface area contributed by atoms with Crippen LogP contribution in [-0.2, 0) is 10.0 Å². The Hall–Kier alpha value is 0.0500. The number of sulfonamides is 1. The predicted octanol–water partition coefficient (Wildman–Crippen LogP) is 1.48. The van der Waals surface area contributed by atoms with E-state index in [1.165, 1.54) is 15.6 Å². The molecule has 1 fully saturated rings. The monoisotopic (exact) mass is 324 g/mol. The highest BCUT2D eigenvalue weighted by Crippen LogP contribution is 2.32. The van der Waals surface area contributed by atoms with Crippen molar-refractivity contribution in [2.75, 3.05) is 19.6 Å². The highest BCUT2D eigenvalue weighted by atomic mass is 79.9. The summed E-state index contributed by atoms with van der Waals surface area (Å²) >= 11 is 4.51. The molecular weight excluding hydrogens is 312 g/mol. The Morgan fingerprint density at radius 2 is 2.38 bits per heavy atom. The molecule has 0 aromatic carbocycles. The molecule has 1 unspecified atom stereocenters. The van der Waals surface area contributed by atoms with Crippen LogP contribution < -0.4 is 5.73 Å². The third-order valence-corrected chi connectivity index (χ3v) is 7.25. The first-order valence-corrected chi connectivity index (χ1v) is 8.10. The van der Waals surface area contributed by atoms with E-state index in [0.717, 1.165) is 6.42 Å². The minimum atomic E-state index is -3.32. The summed E-state index contributed by atoms with van der Waals surface area (Å²) in [5.41, 5.74) is 5.56. The number of nitrogens with two attached hydrogens (primary N) is 1. The molecule has 4 nitrogen and oxygen atoms in total. The lowest BCUT2D eigenvalue weighted by atomic mass is 10.1. The second-order valence-electron chi connectivity index (χ2n) is 3.81. The normalized spacial score (nSPS) is 22.8. The fourth-order valence-corrected chi connectivity index (χ4v) is 5.77. The van der Waals surface area contributed by atoms with Gasteiger partial charge in [0.1, 0.15) is 4.21 Å². The van der Waals surface area contributed by atoms with E-state index in [1.54, 1.807) is 11.4 Å². The van der Waals surface area contributed by atoms with Gasteiger partial charge in [-0.1, -0.05) is 0 Å². The van der Waals surface area contributed by atoms with E-state index in [4.69, 9.17) is 5.73 Å². The van der Waals surface area contributed by atoms with Gasteiger partial charge < -0.3 is 5.73 Å². The summed E-state index contributed by atoms with van der Waals surface area (Å²) in [4.78, 5) is 0. The summed E-state index contributed by atoms with van der Waals surface area (Å²) in [5, 5.41) is 1.77. The molecule has 2 rings (SSSR count). The molecular formula is C9H13BrN2O2S2. The first kappa shape index (κ1) is 12.5. The average Bonchev–Trinajstić information content (AvgIpc) is 2.85. The lowest BCUT2D eigenvalue weighted by Gasteiger charge is -2.15. The van der Waals surface area contributed by atoms with Crippen LogP contribution in [0.2, 0.25) is 0 Å². The molecule has 1 aliphatic rings. The molecule has 1 aliphatic heterocycles. The van der Waals surface area contributed by atoms with Crippen molar-refractivity contribution in [2.45, 2.75) is 10.6 Å². The second-order valence-corrected chi connectivity index (χ2v) is 7.71. The summed E-state index contributed by atoms with van der Waals surface area (Å²) in [6.07, 6.45) is 0.860. The predicted molar refractivity (Wildman–Crippen MR) is 67.9 cm³/mol. The molecule has 0 bridgehead atoms. The lowest BCUT2D eigenvalue weighted by molar-refractivity contribution is 0.460. The first-order valence-electron chi connectivity index (χ1n) is 4.99. The zero-order valence-corrected chi connectivity index (χ0v) is 11.8. The van der Waals surface area contributed by atoms with Gasteiger partial charge in [-0.25, -0.2) is 8.42 Å². The van der Waals surface area contributed by atoms with Gasteiger partial charge in [0.05, 0.1) is 0 Å². The van der Waals surface area contributed by atoms with E-state index >= 15 is 0 Å². The van der Waals surface area contributed by atoms with Crippen LogP contribution in [-0.4, -0.2) is 32.4 Å². The maximum absolute atomic E-state index is 12.2. The van der Waals surface area contributed by atoms with E-state index in [-0.39, 0.29) is 0 Å². The lowest BCUT2D eigenvalue weighted by Crippen LogP contribution is -2.29. The molecule has 2 N–H and O–H groups in total. The van der Waals surface area contributed by atoms with Crippen LogP contribution in [0, 0.1) is 5.92 Å². The number of thiophene rings is 1. The van der Waals surface area contributed by atoms with E-state index in [2.05, 4.69) is 15.9 Å². The van der Waals surface area contributed by atoms with Crippen LogP contribution in [0.5, 0.6) is 0 Å². The third kappa shape index (κ3) is 2.19. The molecule has 0 saturated carbocycles. The fourth-order valence-electron chi connectivity index (χ4n) is 1.79. The van der Waals surface area contributed by atoms with Crippen molar-refractivity contribution in [1.29, 1.82) is 0 Å². The minimum Gasteiger partial charge on any atom is -0.330 e. The molecule has 1 atom stereocenters. The molecule has 0 spiro atoms. The quantitative estimate of drug-likeness (QED) is 0.916. The van der Waals surface area contributed by atoms with E-state index in [0.29, 0.717) is 34.2 Å². The molecule has 1 aromatic rings. The molecule has 1 aromatic heterocycles. The molecule has 1 saturated heterocycles. The summed E-state index contributed by atoms with van der Waals surface area (Å²) in [7, 11) is -3.32. The number of rotatable bonds is 3. The molecule has 0 amide bonds. The minimum absolute atomic E-state index is 0.300. The Bertz CT molecular complexity index is 472. The van der Waals surface area contributed by atoms with Crippen molar-refractivity contribution >= 4 is 37.3 Å². The number of hydrogen-bond acceptors (Lipinski definition) is 4. The van der Waals surface area contributed by atoms with Gasteiger partial charge in [0.2, 0.25) is 0 Å². The van der Waals surface area contributed by atoms with E-state index in [1.807, 2.05) is 0 Å². The molecule has 7 heteroatoms. The van der Waals surface area contributed by atoms with Gasteiger partial charge >= 0.3 is 0 Å². The fraction of sp³-hybridized carbons (Fsp3) is 0.556. The highest BCUT2D eigenvalue weighted by molar-refractivity contribution is 9.10. The Kier molecular flexibility index (Phi) is 3.70. The second kappa shape index (κ2) is 4.73. The highest BCUT2D eigenvalue weighted by Gasteiger charge is 2.33. The zero-order valence-electron chi connectivity index (χ0n) is 8.60. The molecule has 90 valence electrons. The van der Waals surface area contributed by atoms with Gasteiger partial charge in [-0.2, -0.15) is 4.31 Å². The SMILES string of the molecule is NCC1CCN(S(=O)(=O)c2sccc2Br)C1. The molecule has 0 aliphatic carbocycles. The van der Waals surface area contributed by atoms with Gasteiger partial charge in [0, 0.05) is 17.6 Å². The average molecular weight is 325 g/mol. The van der Waals surface area contributed by atoms with Gasteiger partial charge in [-0.15, -0.1) is 11.3 Å². The van der Waals surface area contributed by atoms with E-state index in [9.17, 15) is 8.42 Å². The maximum atomic E-state index is 12.2. The Morgan fingerprint density at radius 1 is 1.62 bits per heavy atom. The summed E-state index contributed by atoms with van der Waals surface area (Å²) in [6.45, 7) is 1.68. The van der Waals surface area contributed by atoms with Crippen molar-refractivity contribution < 1.29 is 8.42 Å². The van der Waals surface area contributed by atoms with Gasteiger partial charge in [0.25, 0.3) is 10.0 Å². The molecule has 16 heavy (non-hydrogen) atoms. The molecule has 2 heterocycles. The maximum Gasteiger partial charge on any atom is 0.253 e. The number of hydrogen-bond donors (Lipinski definition) is 1. The van der Waals surface area contributed by atoms with Crippen LogP contribution in [0.3, 0.4) is 0 Å². The van der Waals surface area contributed by atoms with Crippen molar-refractivity contribution in [3.05, 3.63) is 15.9 Å². The first-order chi connectivity index (χ1) is 7.55. The van der Waals surface area contributed by atoms with Crippen LogP contribution in [0.25, 0.3) is 0 Å². The van der Waals surface area contributed by atoms with Crippen LogP contribution in [0.15, 0.2) is 20.1 Å². The van der Waals surface area contributed by atoms with Gasteiger partial charge in [-0.05, 0) is 46.3 Å². The Labute approximate surface area is 108 Å². The smallest absolute Gasteiger partial charge is 0.253 e. The summed E-state index contributed by atoms with van der Waals surface area (Å²) in [6, 6.07) is 1.76. The standard InChI is InChI=1S/C9H13BrN2O2S2/c10-8-2-4-15-9(8)16(13,14)12-3-1-7(5-11)6-12/h2,4,7H,1,3,5-6,11H2. The largest absolute Gasteiger partial charge is 0.330 e. The van der Waals surface area contributed by atoms with Crippen LogP contribution in [0.4, 0.5) is 0 Å². The van der Waals surface area contributed by atoms with Gasteiger partial charge in [0.15, 0.2) is 0 Å². The van der Waals surface area contributed by atoms with Gasteiger partial charge in [-0.3, -0.25) is 0 Å².